The summed E-state index contributed by atoms with van der Waals surface area (Å²) in [6.07, 6.45) is 4.70. The van der Waals surface area contributed by atoms with E-state index < -0.39 is 0 Å². The van der Waals surface area contributed by atoms with Crippen LogP contribution >= 0.6 is 0 Å². The average molecular weight is 214 g/mol. The molecular formula is C10H24N5+. The molecule has 0 unspecified atom stereocenters. The zero-order valence-electron chi connectivity index (χ0n) is 10.0. The zero-order chi connectivity index (χ0) is 11.5. The maximum atomic E-state index is 7.40. The molecule has 0 aromatic heterocycles. The molecule has 0 heterocycles. The van der Waals surface area contributed by atoms with E-state index >= 15 is 0 Å². The molecule has 5 nitrogen and oxygen atoms in total. The van der Waals surface area contributed by atoms with E-state index in [1.165, 1.54) is 12.8 Å². The number of hydrazine groups is 1. The average Bonchev–Trinajstić information content (AvgIpc) is 2.17. The quantitative estimate of drug-likeness (QED) is 0.172. The number of nitrogens with one attached hydrogen (secondary N) is 3. The van der Waals surface area contributed by atoms with Crippen molar-refractivity contribution in [3.8, 4) is 0 Å². The van der Waals surface area contributed by atoms with E-state index in [-0.39, 0.29) is 5.96 Å². The number of nitrogens with zero attached hydrogens (tertiary/aromatic N) is 1. The highest BCUT2D eigenvalue weighted by Gasteiger charge is 2.29. The van der Waals surface area contributed by atoms with Crippen LogP contribution in [0.1, 0.15) is 25.7 Å². The lowest BCUT2D eigenvalue weighted by atomic mass is 9.89. The van der Waals surface area contributed by atoms with E-state index in [0.717, 1.165) is 23.4 Å². The molecule has 5 N–H and O–H groups in total. The van der Waals surface area contributed by atoms with Gasteiger partial charge in [0.05, 0.1) is 27.2 Å². The summed E-state index contributed by atoms with van der Waals surface area (Å²) in [5, 5.41) is 10.5. The Morgan fingerprint density at radius 1 is 1.20 bits per heavy atom. The third-order valence-corrected chi connectivity index (χ3v) is 3.28. The van der Waals surface area contributed by atoms with Crippen molar-refractivity contribution in [3.05, 3.63) is 0 Å². The van der Waals surface area contributed by atoms with Crippen molar-refractivity contribution in [1.29, 1.82) is 5.41 Å². The van der Waals surface area contributed by atoms with Gasteiger partial charge < -0.3 is 9.80 Å². The molecule has 0 aromatic carbocycles. The maximum Gasteiger partial charge on any atom is 0.203 e. The monoisotopic (exact) mass is 214 g/mol. The van der Waals surface area contributed by atoms with Crippen molar-refractivity contribution in [2.45, 2.75) is 37.8 Å². The van der Waals surface area contributed by atoms with Crippen molar-refractivity contribution in [3.63, 3.8) is 0 Å². The van der Waals surface area contributed by atoms with E-state index in [2.05, 4.69) is 31.9 Å². The smallest absolute Gasteiger partial charge is 0.203 e. The molecule has 0 spiro atoms. The van der Waals surface area contributed by atoms with Gasteiger partial charge in [-0.1, -0.05) is 0 Å². The molecule has 0 saturated heterocycles. The summed E-state index contributed by atoms with van der Waals surface area (Å²) in [5.74, 6) is 5.37. The van der Waals surface area contributed by atoms with Gasteiger partial charge in [-0.3, -0.25) is 10.8 Å². The molecule has 1 saturated carbocycles. The molecule has 0 radical (unpaired) electrons. The number of nitrogens with two attached hydrogens (primary N) is 1. The summed E-state index contributed by atoms with van der Waals surface area (Å²) >= 11 is 0. The number of quaternary nitrogens is 1. The molecule has 1 aliphatic carbocycles. The lowest BCUT2D eigenvalue weighted by Gasteiger charge is -2.39. The lowest BCUT2D eigenvalue weighted by molar-refractivity contribution is -0.897. The molecule has 1 aliphatic rings. The topological polar surface area (TPSA) is 73.9 Å². The van der Waals surface area contributed by atoms with E-state index in [1.807, 2.05) is 0 Å². The fraction of sp³-hybridized carbons (Fsp3) is 0.900. The molecule has 88 valence electrons. The van der Waals surface area contributed by atoms with E-state index in [9.17, 15) is 0 Å². The molecule has 5 heteroatoms. The lowest BCUT2D eigenvalue weighted by Crippen LogP contribution is -2.51. The van der Waals surface area contributed by atoms with Crippen molar-refractivity contribution in [1.82, 2.24) is 10.7 Å². The number of hydrogen-bond acceptors (Lipinski definition) is 2. The highest BCUT2D eigenvalue weighted by molar-refractivity contribution is 5.75. The highest BCUT2D eigenvalue weighted by Crippen LogP contribution is 2.24. The Morgan fingerprint density at radius 2 is 1.73 bits per heavy atom. The van der Waals surface area contributed by atoms with Crippen LogP contribution in [-0.4, -0.2) is 43.7 Å². The molecule has 0 aliphatic heterocycles. The Morgan fingerprint density at radius 3 is 2.13 bits per heavy atom. The van der Waals surface area contributed by atoms with Crippen molar-refractivity contribution >= 4 is 5.96 Å². The minimum absolute atomic E-state index is 0.226. The minimum atomic E-state index is 0.226. The first-order valence-corrected chi connectivity index (χ1v) is 5.56. The van der Waals surface area contributed by atoms with Gasteiger partial charge >= 0.3 is 0 Å². The van der Waals surface area contributed by atoms with Gasteiger partial charge in [-0.05, 0) is 12.8 Å². The van der Waals surface area contributed by atoms with Crippen LogP contribution in [0.2, 0.25) is 0 Å². The summed E-state index contributed by atoms with van der Waals surface area (Å²) in [4.78, 5) is 0. The molecule has 1 rings (SSSR count). The van der Waals surface area contributed by atoms with Crippen LogP contribution in [0.15, 0.2) is 0 Å². The standard InChI is InChI=1S/C10H24N5/c1-15(2,3)9-6-4-8(5-7-9)13-10(11)14-12/h8-9H,4-7,12H2,1-3H3,(H3,11,13,14)/q+1/t8-,9-. The second kappa shape index (κ2) is 4.81. The van der Waals surface area contributed by atoms with E-state index in [1.54, 1.807) is 0 Å². The van der Waals surface area contributed by atoms with E-state index in [4.69, 9.17) is 11.3 Å². The molecule has 0 amide bonds. The Bertz CT molecular complexity index is 212. The van der Waals surface area contributed by atoms with Crippen LogP contribution in [0.4, 0.5) is 0 Å². The Labute approximate surface area is 92.1 Å². The molecule has 0 bridgehead atoms. The van der Waals surface area contributed by atoms with Gasteiger partial charge in [-0.25, -0.2) is 5.84 Å². The molecule has 0 aromatic rings. The van der Waals surface area contributed by atoms with Crippen LogP contribution in [0.25, 0.3) is 0 Å². The third kappa shape index (κ3) is 3.68. The number of rotatable bonds is 2. The Balaban J connectivity index is 2.33. The largest absolute Gasteiger partial charge is 0.353 e. The first-order valence-electron chi connectivity index (χ1n) is 5.56. The normalized spacial score (nSPS) is 27.2. The van der Waals surface area contributed by atoms with Crippen LogP contribution in [0.3, 0.4) is 0 Å². The van der Waals surface area contributed by atoms with Crippen molar-refractivity contribution in [2.24, 2.45) is 5.84 Å². The van der Waals surface area contributed by atoms with Crippen molar-refractivity contribution < 1.29 is 4.48 Å². The third-order valence-electron chi connectivity index (χ3n) is 3.28. The number of hydrogen-bond donors (Lipinski definition) is 4. The summed E-state index contributed by atoms with van der Waals surface area (Å²) in [6.45, 7) is 0. The highest BCUT2D eigenvalue weighted by atomic mass is 15.3. The van der Waals surface area contributed by atoms with Crippen molar-refractivity contribution in [2.75, 3.05) is 21.1 Å². The van der Waals surface area contributed by atoms with Gasteiger partial charge in [0, 0.05) is 18.9 Å². The van der Waals surface area contributed by atoms with Gasteiger partial charge in [0.15, 0.2) is 0 Å². The van der Waals surface area contributed by atoms with Gasteiger partial charge in [-0.2, -0.15) is 0 Å². The second-order valence-electron chi connectivity index (χ2n) is 5.29. The first-order chi connectivity index (χ1) is 6.93. The molecule has 15 heavy (non-hydrogen) atoms. The van der Waals surface area contributed by atoms with Gasteiger partial charge in [0.2, 0.25) is 5.96 Å². The number of guanidine groups is 1. The molecule has 1 fully saturated rings. The maximum absolute atomic E-state index is 7.40. The zero-order valence-corrected chi connectivity index (χ0v) is 10.0. The first kappa shape index (κ1) is 12.3. The van der Waals surface area contributed by atoms with Crippen LogP contribution in [-0.2, 0) is 0 Å². The summed E-state index contributed by atoms with van der Waals surface area (Å²) in [7, 11) is 6.76. The van der Waals surface area contributed by atoms with Crippen LogP contribution in [0.5, 0.6) is 0 Å². The van der Waals surface area contributed by atoms with Gasteiger partial charge in [0.1, 0.15) is 0 Å². The summed E-state index contributed by atoms with van der Waals surface area (Å²) in [5.41, 5.74) is 2.32. The predicted molar refractivity (Wildman–Crippen MR) is 62.3 cm³/mol. The van der Waals surface area contributed by atoms with Crippen LogP contribution < -0.4 is 16.6 Å². The minimum Gasteiger partial charge on any atom is -0.353 e. The summed E-state index contributed by atoms with van der Waals surface area (Å²) < 4.78 is 1.04. The fourth-order valence-electron chi connectivity index (χ4n) is 2.24. The Hall–Kier alpha value is -0.810. The van der Waals surface area contributed by atoms with E-state index in [0.29, 0.717) is 6.04 Å². The predicted octanol–water partition coefficient (Wildman–Crippen LogP) is -0.00853. The van der Waals surface area contributed by atoms with Crippen LogP contribution in [0, 0.1) is 5.41 Å². The van der Waals surface area contributed by atoms with Gasteiger partial charge in [-0.15, -0.1) is 0 Å². The fourth-order valence-corrected chi connectivity index (χ4v) is 2.24. The SMILES string of the molecule is C[N+](C)(C)[C@H]1CC[C@H](NC(=N)NN)CC1. The molecule has 0 atom stereocenters. The second-order valence-corrected chi connectivity index (χ2v) is 5.29. The Kier molecular flexibility index (Phi) is 3.93. The summed E-state index contributed by atoms with van der Waals surface area (Å²) in [6, 6.07) is 1.17. The van der Waals surface area contributed by atoms with Gasteiger partial charge in [0.25, 0.3) is 0 Å². The molecular weight excluding hydrogens is 190 g/mol.